The standard InChI is InChI=1S/C16H14N4O5S3/c21-15(14-10-27-16(19-14)11-4-7-26-9-11)17-5-6-18-28(24,25)13-3-1-2-12(8-13)20(22)23/h1-4,7-10,18H,5-6H2,(H,17,21). The van der Waals surface area contributed by atoms with Crippen LogP contribution in [0.3, 0.4) is 0 Å². The number of nitrogens with zero attached hydrogens (tertiary/aromatic N) is 2. The summed E-state index contributed by atoms with van der Waals surface area (Å²) in [5.41, 5.74) is 0.882. The molecule has 28 heavy (non-hydrogen) atoms. The molecule has 146 valence electrons. The van der Waals surface area contributed by atoms with Crippen LogP contribution < -0.4 is 10.0 Å². The molecule has 2 aromatic heterocycles. The Morgan fingerprint density at radius 1 is 1.21 bits per heavy atom. The molecule has 3 aromatic rings. The van der Waals surface area contributed by atoms with Crippen LogP contribution in [0.5, 0.6) is 0 Å². The molecule has 0 spiro atoms. The summed E-state index contributed by atoms with van der Waals surface area (Å²) in [5, 5.41) is 19.6. The van der Waals surface area contributed by atoms with Crippen molar-refractivity contribution in [1.29, 1.82) is 0 Å². The number of rotatable bonds is 8. The topological polar surface area (TPSA) is 131 Å². The fourth-order valence-corrected chi connectivity index (χ4v) is 4.78. The Kier molecular flexibility index (Phi) is 6.14. The van der Waals surface area contributed by atoms with Crippen LogP contribution in [0.2, 0.25) is 0 Å². The number of amides is 1. The second-order valence-electron chi connectivity index (χ2n) is 5.46. The molecule has 3 rings (SSSR count). The van der Waals surface area contributed by atoms with E-state index < -0.39 is 20.9 Å². The number of sulfonamides is 1. The molecule has 0 radical (unpaired) electrons. The van der Waals surface area contributed by atoms with Crippen LogP contribution in [0.4, 0.5) is 5.69 Å². The van der Waals surface area contributed by atoms with Gasteiger partial charge in [-0.15, -0.1) is 11.3 Å². The zero-order chi connectivity index (χ0) is 20.1. The molecule has 0 saturated heterocycles. The van der Waals surface area contributed by atoms with Crippen LogP contribution >= 0.6 is 22.7 Å². The first-order valence-electron chi connectivity index (χ1n) is 7.87. The third-order valence-corrected chi connectivity index (χ3v) is 6.58. The van der Waals surface area contributed by atoms with Crippen molar-refractivity contribution >= 4 is 44.3 Å². The number of benzene rings is 1. The van der Waals surface area contributed by atoms with Gasteiger partial charge in [-0.1, -0.05) is 6.07 Å². The van der Waals surface area contributed by atoms with Crippen molar-refractivity contribution in [3.8, 4) is 10.6 Å². The van der Waals surface area contributed by atoms with Gasteiger partial charge in [-0.05, 0) is 17.5 Å². The van der Waals surface area contributed by atoms with Gasteiger partial charge in [0.2, 0.25) is 10.0 Å². The molecule has 1 aromatic carbocycles. The van der Waals surface area contributed by atoms with Crippen LogP contribution in [0.1, 0.15) is 10.5 Å². The Hall–Kier alpha value is -2.67. The molecular formula is C16H14N4O5S3. The first kappa shape index (κ1) is 20.1. The highest BCUT2D eigenvalue weighted by atomic mass is 32.2. The van der Waals surface area contributed by atoms with E-state index in [0.29, 0.717) is 0 Å². The zero-order valence-corrected chi connectivity index (χ0v) is 16.6. The summed E-state index contributed by atoms with van der Waals surface area (Å²) in [6.07, 6.45) is 0. The predicted octanol–water partition coefficient (Wildman–Crippen LogP) is 2.49. The van der Waals surface area contributed by atoms with Crippen molar-refractivity contribution in [1.82, 2.24) is 15.0 Å². The molecule has 0 aliphatic heterocycles. The number of nitro groups is 1. The maximum atomic E-state index is 12.2. The molecule has 0 saturated carbocycles. The fraction of sp³-hybridized carbons (Fsp3) is 0.125. The number of non-ortho nitro benzene ring substituents is 1. The number of nitrogens with one attached hydrogen (secondary N) is 2. The van der Waals surface area contributed by atoms with E-state index in [1.807, 2.05) is 16.8 Å². The van der Waals surface area contributed by atoms with E-state index in [-0.39, 0.29) is 29.4 Å². The van der Waals surface area contributed by atoms with Gasteiger partial charge in [0.1, 0.15) is 10.7 Å². The molecule has 0 aliphatic rings. The number of carbonyl (C=O) groups excluding carboxylic acids is 1. The lowest BCUT2D eigenvalue weighted by Crippen LogP contribution is -2.34. The summed E-state index contributed by atoms with van der Waals surface area (Å²) >= 11 is 2.88. The lowest BCUT2D eigenvalue weighted by atomic mass is 10.3. The van der Waals surface area contributed by atoms with Gasteiger partial charge < -0.3 is 5.32 Å². The number of thiazole rings is 1. The molecule has 1 amide bonds. The smallest absolute Gasteiger partial charge is 0.270 e. The van der Waals surface area contributed by atoms with Gasteiger partial charge in [-0.2, -0.15) is 11.3 Å². The molecular weight excluding hydrogens is 424 g/mol. The van der Waals surface area contributed by atoms with Crippen LogP contribution in [-0.4, -0.2) is 37.3 Å². The molecule has 0 atom stereocenters. The SMILES string of the molecule is O=C(NCCNS(=O)(=O)c1cccc([N+](=O)[O-])c1)c1csc(-c2ccsc2)n1. The van der Waals surface area contributed by atoms with Crippen LogP contribution in [-0.2, 0) is 10.0 Å². The predicted molar refractivity (Wildman–Crippen MR) is 106 cm³/mol. The number of thiophene rings is 1. The lowest BCUT2D eigenvalue weighted by molar-refractivity contribution is -0.385. The van der Waals surface area contributed by atoms with Crippen molar-refractivity contribution in [3.63, 3.8) is 0 Å². The maximum absolute atomic E-state index is 12.2. The highest BCUT2D eigenvalue weighted by Crippen LogP contribution is 2.25. The van der Waals surface area contributed by atoms with E-state index in [0.717, 1.165) is 16.6 Å². The minimum absolute atomic E-state index is 0.0400. The molecule has 0 unspecified atom stereocenters. The van der Waals surface area contributed by atoms with E-state index in [4.69, 9.17) is 0 Å². The molecule has 12 heteroatoms. The quantitative estimate of drug-likeness (QED) is 0.316. The normalized spacial score (nSPS) is 11.3. The summed E-state index contributed by atoms with van der Waals surface area (Å²) in [7, 11) is -3.92. The molecule has 2 heterocycles. The van der Waals surface area contributed by atoms with Gasteiger partial charge >= 0.3 is 0 Å². The van der Waals surface area contributed by atoms with E-state index >= 15 is 0 Å². The average Bonchev–Trinajstić information content (AvgIpc) is 3.36. The number of hydrogen-bond acceptors (Lipinski definition) is 8. The largest absolute Gasteiger partial charge is 0.349 e. The minimum Gasteiger partial charge on any atom is -0.349 e. The highest BCUT2D eigenvalue weighted by Gasteiger charge is 2.17. The molecule has 9 nitrogen and oxygen atoms in total. The van der Waals surface area contributed by atoms with Gasteiger partial charge in [0.15, 0.2) is 0 Å². The van der Waals surface area contributed by atoms with E-state index in [1.54, 1.807) is 5.38 Å². The van der Waals surface area contributed by atoms with Gasteiger partial charge in [-0.3, -0.25) is 14.9 Å². The number of hydrogen-bond donors (Lipinski definition) is 2. The highest BCUT2D eigenvalue weighted by molar-refractivity contribution is 7.89. The monoisotopic (exact) mass is 438 g/mol. The fourth-order valence-electron chi connectivity index (χ4n) is 2.20. The van der Waals surface area contributed by atoms with Gasteiger partial charge in [0.05, 0.1) is 9.82 Å². The Balaban J connectivity index is 1.53. The number of aromatic nitrogens is 1. The molecule has 0 fully saturated rings. The van der Waals surface area contributed by atoms with Crippen molar-refractivity contribution in [2.24, 2.45) is 0 Å². The first-order valence-corrected chi connectivity index (χ1v) is 11.2. The third kappa shape index (κ3) is 4.78. The van der Waals surface area contributed by atoms with E-state index in [1.165, 1.54) is 40.9 Å². The average molecular weight is 439 g/mol. The summed E-state index contributed by atoms with van der Waals surface area (Å²) in [5.74, 6) is -0.410. The van der Waals surface area contributed by atoms with Gasteiger partial charge in [0, 0.05) is 41.5 Å². The zero-order valence-electron chi connectivity index (χ0n) is 14.2. The van der Waals surface area contributed by atoms with Crippen LogP contribution in [0.15, 0.2) is 51.4 Å². The minimum atomic E-state index is -3.92. The van der Waals surface area contributed by atoms with Crippen LogP contribution in [0.25, 0.3) is 10.6 Å². The molecule has 0 aliphatic carbocycles. The Bertz CT molecular complexity index is 1090. The maximum Gasteiger partial charge on any atom is 0.270 e. The van der Waals surface area contributed by atoms with E-state index in [2.05, 4.69) is 15.0 Å². The third-order valence-electron chi connectivity index (χ3n) is 3.55. The van der Waals surface area contributed by atoms with Crippen LogP contribution in [0, 0.1) is 10.1 Å². The molecule has 2 N–H and O–H groups in total. The van der Waals surface area contributed by atoms with Crippen molar-refractivity contribution in [2.45, 2.75) is 4.90 Å². The van der Waals surface area contributed by atoms with Gasteiger partial charge in [-0.25, -0.2) is 18.1 Å². The van der Waals surface area contributed by atoms with E-state index in [9.17, 15) is 23.3 Å². The van der Waals surface area contributed by atoms with Crippen molar-refractivity contribution < 1.29 is 18.1 Å². The summed E-state index contributed by atoms with van der Waals surface area (Å²) in [4.78, 5) is 26.3. The van der Waals surface area contributed by atoms with Crippen molar-refractivity contribution in [3.05, 3.63) is 62.3 Å². The summed E-state index contributed by atoms with van der Waals surface area (Å²) in [6.45, 7) is -0.0312. The Labute approximate surface area is 168 Å². The summed E-state index contributed by atoms with van der Waals surface area (Å²) in [6, 6.07) is 6.64. The second-order valence-corrected chi connectivity index (χ2v) is 8.86. The Morgan fingerprint density at radius 3 is 2.75 bits per heavy atom. The Morgan fingerprint density at radius 2 is 2.04 bits per heavy atom. The number of carbonyl (C=O) groups is 1. The summed E-state index contributed by atoms with van der Waals surface area (Å²) < 4.78 is 26.7. The lowest BCUT2D eigenvalue weighted by Gasteiger charge is -2.07. The number of nitro benzene ring substituents is 1. The second kappa shape index (κ2) is 8.56. The van der Waals surface area contributed by atoms with Crippen molar-refractivity contribution in [2.75, 3.05) is 13.1 Å². The van der Waals surface area contributed by atoms with Gasteiger partial charge in [0.25, 0.3) is 11.6 Å². The first-order chi connectivity index (χ1) is 13.4. The molecule has 0 bridgehead atoms.